The maximum Gasteiger partial charge on any atom is 0.320 e. The molecule has 0 aromatic rings. The highest BCUT2D eigenvalue weighted by Crippen LogP contribution is 2.30. The topological polar surface area (TPSA) is 70.1 Å². The minimum atomic E-state index is -0.891. The first-order valence-electron chi connectivity index (χ1n) is 7.24. The largest absolute Gasteiger partial charge is 0.481 e. The lowest BCUT2D eigenvalue weighted by Crippen LogP contribution is -2.56. The molecule has 0 spiro atoms. The molecule has 20 heavy (non-hydrogen) atoms. The summed E-state index contributed by atoms with van der Waals surface area (Å²) < 4.78 is 5.31. The van der Waals surface area contributed by atoms with E-state index in [-0.39, 0.29) is 18.5 Å². The Kier molecular flexibility index (Phi) is 4.52. The van der Waals surface area contributed by atoms with Crippen LogP contribution < -0.4 is 0 Å². The maximum absolute atomic E-state index is 12.6. The van der Waals surface area contributed by atoms with Gasteiger partial charge < -0.3 is 19.6 Å². The van der Waals surface area contributed by atoms with Crippen LogP contribution >= 0.6 is 0 Å². The molecule has 2 rings (SSSR count). The van der Waals surface area contributed by atoms with Gasteiger partial charge >= 0.3 is 12.0 Å². The fourth-order valence-electron chi connectivity index (χ4n) is 2.76. The van der Waals surface area contributed by atoms with Crippen molar-refractivity contribution in [3.8, 4) is 0 Å². The van der Waals surface area contributed by atoms with E-state index >= 15 is 0 Å². The summed E-state index contributed by atoms with van der Waals surface area (Å²) in [7, 11) is 0. The molecule has 0 radical (unpaired) electrons. The van der Waals surface area contributed by atoms with E-state index in [1.54, 1.807) is 4.90 Å². The number of hydrogen-bond acceptors (Lipinski definition) is 3. The van der Waals surface area contributed by atoms with Crippen LogP contribution in [-0.2, 0) is 9.53 Å². The molecule has 2 amide bonds. The fraction of sp³-hybridized carbons (Fsp3) is 0.857. The smallest absolute Gasteiger partial charge is 0.320 e. The van der Waals surface area contributed by atoms with Crippen LogP contribution in [0.3, 0.4) is 0 Å². The standard InChI is InChI=1S/C14H24N2O4/c1-14(2)3-5-15(6-4-14)13(19)16-7-8-20-10-11(16)9-12(17)18/h11H,3-10H2,1-2H3,(H,17,18). The number of urea groups is 1. The average Bonchev–Trinajstić information content (AvgIpc) is 2.38. The number of amides is 2. The molecular weight excluding hydrogens is 260 g/mol. The van der Waals surface area contributed by atoms with Crippen molar-refractivity contribution in [3.63, 3.8) is 0 Å². The van der Waals surface area contributed by atoms with Crippen LogP contribution in [-0.4, -0.2) is 65.8 Å². The predicted molar refractivity (Wildman–Crippen MR) is 73.5 cm³/mol. The average molecular weight is 284 g/mol. The van der Waals surface area contributed by atoms with Gasteiger partial charge in [-0.15, -0.1) is 0 Å². The second-order valence-electron chi connectivity index (χ2n) is 6.45. The highest BCUT2D eigenvalue weighted by molar-refractivity contribution is 5.76. The molecule has 0 aromatic carbocycles. The lowest BCUT2D eigenvalue weighted by Gasteiger charge is -2.42. The van der Waals surface area contributed by atoms with Gasteiger partial charge in [0.05, 0.1) is 25.7 Å². The second kappa shape index (κ2) is 5.99. The number of ether oxygens (including phenoxy) is 1. The molecule has 2 fully saturated rings. The molecule has 0 aromatic heterocycles. The van der Waals surface area contributed by atoms with E-state index in [0.717, 1.165) is 25.9 Å². The first kappa shape index (κ1) is 15.1. The van der Waals surface area contributed by atoms with Gasteiger partial charge in [0, 0.05) is 19.6 Å². The summed E-state index contributed by atoms with van der Waals surface area (Å²) in [6, 6.07) is -0.376. The Balaban J connectivity index is 1.97. The van der Waals surface area contributed by atoms with Gasteiger partial charge in [0.15, 0.2) is 0 Å². The van der Waals surface area contributed by atoms with E-state index in [9.17, 15) is 9.59 Å². The summed E-state index contributed by atoms with van der Waals surface area (Å²) in [5.74, 6) is -0.891. The Morgan fingerprint density at radius 1 is 1.25 bits per heavy atom. The molecule has 2 aliphatic rings. The zero-order valence-corrected chi connectivity index (χ0v) is 12.3. The Hall–Kier alpha value is -1.30. The second-order valence-corrected chi connectivity index (χ2v) is 6.45. The third-order valence-corrected chi connectivity index (χ3v) is 4.27. The SMILES string of the molecule is CC1(C)CCN(C(=O)N2CCOCC2CC(=O)O)CC1. The number of carbonyl (C=O) groups is 2. The van der Waals surface area contributed by atoms with Gasteiger partial charge in [-0.25, -0.2) is 4.79 Å². The number of carboxylic acid groups (broad SMARTS) is 1. The highest BCUT2D eigenvalue weighted by Gasteiger charge is 2.34. The Labute approximate surface area is 119 Å². The third-order valence-electron chi connectivity index (χ3n) is 4.27. The van der Waals surface area contributed by atoms with Gasteiger partial charge in [-0.2, -0.15) is 0 Å². The van der Waals surface area contributed by atoms with Crippen LogP contribution in [0.4, 0.5) is 4.79 Å². The molecule has 2 heterocycles. The van der Waals surface area contributed by atoms with Crippen molar-refractivity contribution in [1.29, 1.82) is 0 Å². The van der Waals surface area contributed by atoms with Crippen molar-refractivity contribution in [1.82, 2.24) is 9.80 Å². The van der Waals surface area contributed by atoms with Crippen LogP contribution in [0, 0.1) is 5.41 Å². The summed E-state index contributed by atoms with van der Waals surface area (Å²) in [5.41, 5.74) is 0.294. The number of piperidine rings is 1. The zero-order chi connectivity index (χ0) is 14.8. The summed E-state index contributed by atoms with van der Waals surface area (Å²) in [4.78, 5) is 27.0. The first-order valence-corrected chi connectivity index (χ1v) is 7.24. The highest BCUT2D eigenvalue weighted by atomic mass is 16.5. The molecule has 1 N–H and O–H groups in total. The van der Waals surface area contributed by atoms with E-state index in [1.165, 1.54) is 0 Å². The van der Waals surface area contributed by atoms with Gasteiger partial charge in [-0.3, -0.25) is 4.79 Å². The van der Waals surface area contributed by atoms with Crippen molar-refractivity contribution in [2.75, 3.05) is 32.8 Å². The lowest BCUT2D eigenvalue weighted by atomic mass is 9.83. The number of carboxylic acids is 1. The number of morpholine rings is 1. The predicted octanol–water partition coefficient (Wildman–Crippen LogP) is 1.40. The molecule has 0 aliphatic carbocycles. The number of hydrogen-bond donors (Lipinski definition) is 1. The molecule has 0 bridgehead atoms. The van der Waals surface area contributed by atoms with Crippen LogP contribution in [0.25, 0.3) is 0 Å². The molecule has 2 saturated heterocycles. The molecule has 1 atom stereocenters. The van der Waals surface area contributed by atoms with Crippen LogP contribution in [0.15, 0.2) is 0 Å². The number of likely N-dealkylation sites (tertiary alicyclic amines) is 1. The van der Waals surface area contributed by atoms with Crippen LogP contribution in [0.5, 0.6) is 0 Å². The molecule has 6 heteroatoms. The summed E-state index contributed by atoms with van der Waals surface area (Å²) >= 11 is 0. The zero-order valence-electron chi connectivity index (χ0n) is 12.3. The van der Waals surface area contributed by atoms with Crippen molar-refractivity contribution in [2.45, 2.75) is 39.2 Å². The monoisotopic (exact) mass is 284 g/mol. The van der Waals surface area contributed by atoms with Gasteiger partial charge in [-0.05, 0) is 18.3 Å². The molecule has 6 nitrogen and oxygen atoms in total. The summed E-state index contributed by atoms with van der Waals surface area (Å²) in [6.07, 6.45) is 1.93. The van der Waals surface area contributed by atoms with Crippen molar-refractivity contribution in [3.05, 3.63) is 0 Å². The Bertz CT molecular complexity index is 373. The van der Waals surface area contributed by atoms with Crippen molar-refractivity contribution < 1.29 is 19.4 Å². The number of nitrogens with zero attached hydrogens (tertiary/aromatic N) is 2. The lowest BCUT2D eigenvalue weighted by molar-refractivity contribution is -0.139. The summed E-state index contributed by atoms with van der Waals surface area (Å²) in [6.45, 7) is 7.23. The van der Waals surface area contributed by atoms with Crippen molar-refractivity contribution >= 4 is 12.0 Å². The minimum Gasteiger partial charge on any atom is -0.481 e. The van der Waals surface area contributed by atoms with Gasteiger partial charge in [0.25, 0.3) is 0 Å². The molecule has 1 unspecified atom stereocenters. The normalized spacial score (nSPS) is 26.4. The Morgan fingerprint density at radius 3 is 2.50 bits per heavy atom. The maximum atomic E-state index is 12.6. The van der Waals surface area contributed by atoms with E-state index in [0.29, 0.717) is 25.2 Å². The number of rotatable bonds is 2. The fourth-order valence-corrected chi connectivity index (χ4v) is 2.76. The molecule has 0 saturated carbocycles. The quantitative estimate of drug-likeness (QED) is 0.832. The molecule has 2 aliphatic heterocycles. The third kappa shape index (κ3) is 3.62. The van der Waals surface area contributed by atoms with E-state index < -0.39 is 5.97 Å². The van der Waals surface area contributed by atoms with E-state index in [1.807, 2.05) is 4.90 Å². The first-order chi connectivity index (χ1) is 9.39. The van der Waals surface area contributed by atoms with Gasteiger partial charge in [0.1, 0.15) is 0 Å². The number of aliphatic carboxylic acids is 1. The minimum absolute atomic E-state index is 0.0324. The van der Waals surface area contributed by atoms with Gasteiger partial charge in [-0.1, -0.05) is 13.8 Å². The Morgan fingerprint density at radius 2 is 1.90 bits per heavy atom. The molecular formula is C14H24N2O4. The number of carbonyl (C=O) groups excluding carboxylic acids is 1. The van der Waals surface area contributed by atoms with E-state index in [2.05, 4.69) is 13.8 Å². The summed E-state index contributed by atoms with van der Waals surface area (Å²) in [5, 5.41) is 8.94. The van der Waals surface area contributed by atoms with Crippen LogP contribution in [0.2, 0.25) is 0 Å². The molecule has 114 valence electrons. The van der Waals surface area contributed by atoms with Crippen molar-refractivity contribution in [2.24, 2.45) is 5.41 Å². The van der Waals surface area contributed by atoms with Gasteiger partial charge in [0.2, 0.25) is 0 Å². The van der Waals surface area contributed by atoms with Crippen LogP contribution in [0.1, 0.15) is 33.1 Å². The van der Waals surface area contributed by atoms with E-state index in [4.69, 9.17) is 9.84 Å².